The summed E-state index contributed by atoms with van der Waals surface area (Å²) in [7, 11) is 0. The number of amides is 1. The molecule has 0 aliphatic rings. The van der Waals surface area contributed by atoms with Crippen LogP contribution in [0.25, 0.3) is 10.9 Å². The zero-order valence-corrected chi connectivity index (χ0v) is 19.0. The van der Waals surface area contributed by atoms with Gasteiger partial charge in [0.2, 0.25) is 0 Å². The van der Waals surface area contributed by atoms with Gasteiger partial charge in [-0.25, -0.2) is 5.43 Å². The fraction of sp³-hybridized carbons (Fsp3) is 0.179. The number of benzene rings is 3. The van der Waals surface area contributed by atoms with Gasteiger partial charge in [0.1, 0.15) is 0 Å². The molecule has 4 aromatic rings. The van der Waals surface area contributed by atoms with Crippen molar-refractivity contribution in [1.82, 2.24) is 9.99 Å². The van der Waals surface area contributed by atoms with Crippen molar-refractivity contribution in [2.45, 2.75) is 32.7 Å². The molecule has 0 saturated carbocycles. The first-order chi connectivity index (χ1) is 15.9. The molecule has 0 spiro atoms. The smallest absolute Gasteiger partial charge is 0.271 e. The van der Waals surface area contributed by atoms with Crippen LogP contribution >= 0.6 is 0 Å². The van der Waals surface area contributed by atoms with Crippen LogP contribution in [0.15, 0.2) is 84.1 Å². The van der Waals surface area contributed by atoms with Gasteiger partial charge in [-0.05, 0) is 40.8 Å². The fourth-order valence-corrected chi connectivity index (χ4v) is 3.81. The quantitative estimate of drug-likeness (QED) is 0.327. The van der Waals surface area contributed by atoms with Crippen molar-refractivity contribution in [3.8, 4) is 6.07 Å². The summed E-state index contributed by atoms with van der Waals surface area (Å²) in [5.74, 6) is -0.251. The molecule has 0 aliphatic carbocycles. The zero-order chi connectivity index (χ0) is 23.4. The number of hydrazone groups is 1. The number of nitrogens with one attached hydrogen (secondary N) is 1. The van der Waals surface area contributed by atoms with Gasteiger partial charge in [-0.15, -0.1) is 0 Å². The van der Waals surface area contributed by atoms with Crippen LogP contribution in [0, 0.1) is 11.3 Å². The lowest BCUT2D eigenvalue weighted by atomic mass is 9.87. The van der Waals surface area contributed by atoms with E-state index in [1.165, 1.54) is 5.56 Å². The van der Waals surface area contributed by atoms with Crippen molar-refractivity contribution in [1.29, 1.82) is 5.26 Å². The summed E-state index contributed by atoms with van der Waals surface area (Å²) < 4.78 is 2.10. The average molecular weight is 435 g/mol. The summed E-state index contributed by atoms with van der Waals surface area (Å²) in [4.78, 5) is 12.5. The first-order valence-corrected chi connectivity index (χ1v) is 10.9. The summed E-state index contributed by atoms with van der Waals surface area (Å²) in [6, 6.07) is 25.5. The zero-order valence-electron chi connectivity index (χ0n) is 19.0. The van der Waals surface area contributed by atoms with E-state index in [0.29, 0.717) is 17.7 Å². The Labute approximate surface area is 194 Å². The highest BCUT2D eigenvalue weighted by Crippen LogP contribution is 2.23. The number of hydrogen-bond acceptors (Lipinski definition) is 3. The van der Waals surface area contributed by atoms with E-state index in [2.05, 4.69) is 41.9 Å². The lowest BCUT2D eigenvalue weighted by molar-refractivity contribution is 0.0955. The Bertz CT molecular complexity index is 1370. The van der Waals surface area contributed by atoms with Crippen LogP contribution in [0.3, 0.4) is 0 Å². The molecule has 0 fully saturated rings. The van der Waals surface area contributed by atoms with Gasteiger partial charge in [-0.1, -0.05) is 69.3 Å². The van der Waals surface area contributed by atoms with Crippen LogP contribution in [-0.4, -0.2) is 16.7 Å². The third-order valence-corrected chi connectivity index (χ3v) is 5.68. The predicted molar refractivity (Wildman–Crippen MR) is 132 cm³/mol. The molecular weight excluding hydrogens is 408 g/mol. The number of aromatic nitrogens is 1. The Morgan fingerprint density at radius 1 is 1.03 bits per heavy atom. The highest BCUT2D eigenvalue weighted by Gasteiger charge is 2.14. The van der Waals surface area contributed by atoms with Gasteiger partial charge in [-0.2, -0.15) is 10.4 Å². The number of hydrogen-bond donors (Lipinski definition) is 1. The lowest BCUT2D eigenvalue weighted by Crippen LogP contribution is -2.18. The molecule has 0 saturated heterocycles. The Morgan fingerprint density at radius 2 is 1.73 bits per heavy atom. The first-order valence-electron chi connectivity index (χ1n) is 10.9. The molecule has 3 aromatic carbocycles. The van der Waals surface area contributed by atoms with E-state index in [4.69, 9.17) is 0 Å². The molecule has 0 radical (unpaired) electrons. The number of nitriles is 1. The van der Waals surface area contributed by atoms with Crippen LogP contribution in [0.4, 0.5) is 0 Å². The van der Waals surface area contributed by atoms with Gasteiger partial charge < -0.3 is 4.57 Å². The number of carbonyl (C=O) groups is 1. The number of para-hydroxylation sites is 1. The van der Waals surface area contributed by atoms with Crippen molar-refractivity contribution in [3.05, 3.63) is 107 Å². The molecule has 0 unspecified atom stereocenters. The Hall–Kier alpha value is -4.17. The topological polar surface area (TPSA) is 70.2 Å². The molecule has 1 N–H and O–H groups in total. The highest BCUT2D eigenvalue weighted by molar-refractivity contribution is 6.00. The largest absolute Gasteiger partial charge is 0.342 e. The molecule has 4 rings (SSSR count). The molecule has 164 valence electrons. The van der Waals surface area contributed by atoms with E-state index in [0.717, 1.165) is 22.0 Å². The maximum atomic E-state index is 12.5. The third-order valence-electron chi connectivity index (χ3n) is 5.68. The molecule has 1 aromatic heterocycles. The Kier molecular flexibility index (Phi) is 6.10. The van der Waals surface area contributed by atoms with Crippen molar-refractivity contribution in [3.63, 3.8) is 0 Å². The first kappa shape index (κ1) is 22.0. The molecule has 0 bridgehead atoms. The third kappa shape index (κ3) is 4.86. The minimum absolute atomic E-state index is 0.0368. The van der Waals surface area contributed by atoms with Gasteiger partial charge in [-0.3, -0.25) is 4.79 Å². The van der Waals surface area contributed by atoms with Gasteiger partial charge in [0.15, 0.2) is 0 Å². The monoisotopic (exact) mass is 434 g/mol. The predicted octanol–water partition coefficient (Wildman–Crippen LogP) is 5.62. The summed E-state index contributed by atoms with van der Waals surface area (Å²) >= 11 is 0. The molecular formula is C28H26N4O. The van der Waals surface area contributed by atoms with Crippen LogP contribution in [0.2, 0.25) is 0 Å². The van der Waals surface area contributed by atoms with E-state index in [-0.39, 0.29) is 11.3 Å². The van der Waals surface area contributed by atoms with Gasteiger partial charge in [0, 0.05) is 34.8 Å². The number of carbonyl (C=O) groups excluding carboxylic acids is 1. The molecule has 0 atom stereocenters. The minimum Gasteiger partial charge on any atom is -0.342 e. The van der Waals surface area contributed by atoms with E-state index in [1.807, 2.05) is 79.0 Å². The van der Waals surface area contributed by atoms with Gasteiger partial charge in [0.05, 0.1) is 17.8 Å². The van der Waals surface area contributed by atoms with Crippen LogP contribution < -0.4 is 5.43 Å². The average Bonchev–Trinajstić information content (AvgIpc) is 3.16. The second kappa shape index (κ2) is 9.13. The van der Waals surface area contributed by atoms with E-state index < -0.39 is 0 Å². The van der Waals surface area contributed by atoms with E-state index >= 15 is 0 Å². The van der Waals surface area contributed by atoms with Crippen molar-refractivity contribution < 1.29 is 4.79 Å². The highest BCUT2D eigenvalue weighted by atomic mass is 16.2. The molecule has 1 amide bonds. The van der Waals surface area contributed by atoms with Crippen LogP contribution in [-0.2, 0) is 12.0 Å². The van der Waals surface area contributed by atoms with E-state index in [9.17, 15) is 10.1 Å². The van der Waals surface area contributed by atoms with Crippen LogP contribution in [0.1, 0.15) is 53.4 Å². The second-order valence-corrected chi connectivity index (χ2v) is 9.02. The summed E-state index contributed by atoms with van der Waals surface area (Å²) in [6.45, 7) is 7.00. The molecule has 33 heavy (non-hydrogen) atoms. The number of nitrogens with zero attached hydrogens (tertiary/aromatic N) is 3. The van der Waals surface area contributed by atoms with Crippen molar-refractivity contribution in [2.24, 2.45) is 5.10 Å². The molecule has 1 heterocycles. The van der Waals surface area contributed by atoms with Gasteiger partial charge >= 0.3 is 0 Å². The fourth-order valence-electron chi connectivity index (χ4n) is 3.81. The van der Waals surface area contributed by atoms with E-state index in [1.54, 1.807) is 6.21 Å². The van der Waals surface area contributed by atoms with Gasteiger partial charge in [0.25, 0.3) is 5.91 Å². The second-order valence-electron chi connectivity index (χ2n) is 9.02. The van der Waals surface area contributed by atoms with Crippen molar-refractivity contribution in [2.75, 3.05) is 0 Å². The standard InChI is InChI=1S/C28H26N4O/c1-28(2,3)24-14-12-20(13-15-24)27(33)31-30-17-23-19-32(26-11-7-6-10-25(23)26)18-22-9-5-4-8-21(22)16-29/h4-15,17,19H,18H2,1-3H3,(H,31,33)/b30-17-. The summed E-state index contributed by atoms with van der Waals surface area (Å²) in [5, 5.41) is 14.6. The maximum Gasteiger partial charge on any atom is 0.271 e. The molecule has 5 nitrogen and oxygen atoms in total. The number of rotatable bonds is 5. The number of fused-ring (bicyclic) bond motifs is 1. The maximum absolute atomic E-state index is 12.5. The Morgan fingerprint density at radius 3 is 2.45 bits per heavy atom. The normalized spacial score (nSPS) is 11.6. The molecule has 0 aliphatic heterocycles. The SMILES string of the molecule is CC(C)(C)c1ccc(C(=O)N/N=C\c2cn(Cc3ccccc3C#N)c3ccccc23)cc1. The van der Waals surface area contributed by atoms with Crippen LogP contribution in [0.5, 0.6) is 0 Å². The summed E-state index contributed by atoms with van der Waals surface area (Å²) in [5.41, 5.74) is 7.95. The lowest BCUT2D eigenvalue weighted by Gasteiger charge is -2.18. The molecule has 5 heteroatoms. The minimum atomic E-state index is -0.251. The van der Waals surface area contributed by atoms with Crippen molar-refractivity contribution >= 4 is 23.0 Å². The Balaban J connectivity index is 1.54. The summed E-state index contributed by atoms with van der Waals surface area (Å²) in [6.07, 6.45) is 3.66.